The number of sulfonamides is 1. The quantitative estimate of drug-likeness (QED) is 0.895. The first-order valence-corrected chi connectivity index (χ1v) is 7.09. The van der Waals surface area contributed by atoms with Gasteiger partial charge in [-0.2, -0.15) is 4.98 Å². The predicted octanol–water partition coefficient (Wildman–Crippen LogP) is 0.808. The Hall–Kier alpha value is -2.19. The molecule has 106 valence electrons. The molecule has 8 heteroatoms. The summed E-state index contributed by atoms with van der Waals surface area (Å²) in [6, 6.07) is 6.21. The highest BCUT2D eigenvalue weighted by molar-refractivity contribution is 7.89. The number of nitrogens with two attached hydrogens (primary N) is 1. The average Bonchev–Trinajstić information content (AvgIpc) is 2.45. The molecule has 0 amide bonds. The molecule has 2 rings (SSSR count). The molecule has 0 bridgehead atoms. The Balaban J connectivity index is 2.64. The maximum atomic E-state index is 11.6. The molecule has 0 saturated heterocycles. The lowest BCUT2D eigenvalue weighted by atomic mass is 10.2. The third-order valence-corrected chi connectivity index (χ3v) is 3.54. The van der Waals surface area contributed by atoms with Crippen molar-refractivity contribution in [3.05, 3.63) is 30.5 Å². The highest BCUT2D eigenvalue weighted by Crippen LogP contribution is 2.29. The summed E-state index contributed by atoms with van der Waals surface area (Å²) in [6.07, 6.45) is 1.40. The Bertz CT molecular complexity index is 731. The molecular formula is C12H13N3O4S. The highest BCUT2D eigenvalue weighted by atomic mass is 32.2. The summed E-state index contributed by atoms with van der Waals surface area (Å²) in [7, 11) is -0.981. The number of benzene rings is 1. The molecule has 0 fully saturated rings. The molecule has 7 nitrogen and oxygen atoms in total. The largest absolute Gasteiger partial charge is 0.490 e. The van der Waals surface area contributed by atoms with Gasteiger partial charge in [-0.25, -0.2) is 18.5 Å². The van der Waals surface area contributed by atoms with E-state index in [2.05, 4.69) is 9.97 Å². The lowest BCUT2D eigenvalue weighted by Gasteiger charge is -2.09. The molecular weight excluding hydrogens is 282 g/mol. The molecule has 0 atom stereocenters. The molecule has 0 unspecified atom stereocenters. The van der Waals surface area contributed by atoms with Crippen molar-refractivity contribution in [3.8, 4) is 23.0 Å². The molecule has 0 spiro atoms. The maximum Gasteiger partial charge on any atom is 0.260 e. The predicted molar refractivity (Wildman–Crippen MR) is 71.9 cm³/mol. The molecule has 1 heterocycles. The van der Waals surface area contributed by atoms with Crippen molar-refractivity contribution >= 4 is 10.0 Å². The van der Waals surface area contributed by atoms with E-state index in [0.717, 1.165) is 0 Å². The topological polar surface area (TPSA) is 104 Å². The van der Waals surface area contributed by atoms with Gasteiger partial charge >= 0.3 is 0 Å². The summed E-state index contributed by atoms with van der Waals surface area (Å²) in [5.74, 6) is 0.748. The van der Waals surface area contributed by atoms with Crippen LogP contribution in [0.25, 0.3) is 11.4 Å². The van der Waals surface area contributed by atoms with Gasteiger partial charge in [-0.05, 0) is 12.1 Å². The fourth-order valence-corrected chi connectivity index (χ4v) is 2.40. The summed E-state index contributed by atoms with van der Waals surface area (Å²) in [5, 5.41) is 5.18. The van der Waals surface area contributed by atoms with Crippen LogP contribution >= 0.6 is 0 Å². The van der Waals surface area contributed by atoms with Crippen LogP contribution in [0.15, 0.2) is 35.4 Å². The van der Waals surface area contributed by atoms with Crippen molar-refractivity contribution in [1.29, 1.82) is 0 Å². The number of aromatic nitrogens is 2. The highest BCUT2D eigenvalue weighted by Gasteiger charge is 2.18. The van der Waals surface area contributed by atoms with Gasteiger partial charge in [-0.15, -0.1) is 0 Å². The van der Waals surface area contributed by atoms with Gasteiger partial charge < -0.3 is 9.47 Å². The zero-order chi connectivity index (χ0) is 14.8. The second-order valence-electron chi connectivity index (χ2n) is 3.81. The first-order chi connectivity index (χ1) is 9.47. The molecule has 0 saturated carbocycles. The fraction of sp³-hybridized carbons (Fsp3) is 0.167. The van der Waals surface area contributed by atoms with E-state index < -0.39 is 10.0 Å². The third kappa shape index (κ3) is 2.70. The van der Waals surface area contributed by atoms with Crippen LogP contribution in [0.2, 0.25) is 0 Å². The normalized spacial score (nSPS) is 11.2. The van der Waals surface area contributed by atoms with Crippen LogP contribution in [0.5, 0.6) is 11.6 Å². The van der Waals surface area contributed by atoms with E-state index in [0.29, 0.717) is 11.3 Å². The lowest BCUT2D eigenvalue weighted by Crippen LogP contribution is -2.13. The van der Waals surface area contributed by atoms with Crippen LogP contribution in [-0.2, 0) is 10.0 Å². The summed E-state index contributed by atoms with van der Waals surface area (Å²) in [5.41, 5.74) is 0.302. The van der Waals surface area contributed by atoms with Crippen LogP contribution in [0.1, 0.15) is 0 Å². The Morgan fingerprint density at radius 1 is 1.15 bits per heavy atom. The van der Waals surface area contributed by atoms with Crippen molar-refractivity contribution in [2.24, 2.45) is 5.14 Å². The molecule has 20 heavy (non-hydrogen) atoms. The fourth-order valence-electron chi connectivity index (χ4n) is 1.67. The Morgan fingerprint density at radius 3 is 2.45 bits per heavy atom. The number of methoxy groups -OCH3 is 2. The number of hydrogen-bond acceptors (Lipinski definition) is 6. The monoisotopic (exact) mass is 295 g/mol. The number of primary sulfonamides is 1. The average molecular weight is 295 g/mol. The van der Waals surface area contributed by atoms with Gasteiger partial charge in [0.15, 0.2) is 11.6 Å². The van der Waals surface area contributed by atoms with E-state index in [1.165, 1.54) is 26.5 Å². The Labute approximate surface area is 116 Å². The van der Waals surface area contributed by atoms with Crippen LogP contribution < -0.4 is 14.6 Å². The second-order valence-corrected chi connectivity index (χ2v) is 5.34. The summed E-state index contributed by atoms with van der Waals surface area (Å²) in [4.78, 5) is 8.15. The van der Waals surface area contributed by atoms with Gasteiger partial charge in [0.2, 0.25) is 10.0 Å². The standard InChI is InChI=1S/C12H13N3O4S/c1-18-9-7-14-11(15-12(9)19-2)8-5-3-4-6-10(8)20(13,16)17/h3-7H,1-2H3,(H2,13,16,17). The Morgan fingerprint density at radius 2 is 1.85 bits per heavy atom. The number of rotatable bonds is 4. The molecule has 0 aliphatic heterocycles. The van der Waals surface area contributed by atoms with Gasteiger partial charge in [0.25, 0.3) is 5.88 Å². The molecule has 0 radical (unpaired) electrons. The first kappa shape index (κ1) is 14.2. The van der Waals surface area contributed by atoms with Crippen LogP contribution in [0.4, 0.5) is 0 Å². The van der Waals surface area contributed by atoms with Gasteiger partial charge in [0, 0.05) is 5.56 Å². The zero-order valence-corrected chi connectivity index (χ0v) is 11.7. The minimum Gasteiger partial charge on any atom is -0.490 e. The van der Waals surface area contributed by atoms with E-state index in [4.69, 9.17) is 14.6 Å². The van der Waals surface area contributed by atoms with Gasteiger partial charge in [-0.1, -0.05) is 12.1 Å². The molecule has 1 aromatic carbocycles. The van der Waals surface area contributed by atoms with Crippen LogP contribution in [0.3, 0.4) is 0 Å². The third-order valence-electron chi connectivity index (χ3n) is 2.57. The number of hydrogen-bond donors (Lipinski definition) is 1. The minimum absolute atomic E-state index is 0.0489. The molecule has 2 N–H and O–H groups in total. The molecule has 1 aromatic heterocycles. The van der Waals surface area contributed by atoms with Gasteiger partial charge in [0.05, 0.1) is 25.3 Å². The SMILES string of the molecule is COc1cnc(-c2ccccc2S(N)(=O)=O)nc1OC. The van der Waals surface area contributed by atoms with E-state index >= 15 is 0 Å². The maximum absolute atomic E-state index is 11.6. The van der Waals surface area contributed by atoms with E-state index in [9.17, 15) is 8.42 Å². The lowest BCUT2D eigenvalue weighted by molar-refractivity contribution is 0.341. The van der Waals surface area contributed by atoms with Crippen LogP contribution in [-0.4, -0.2) is 32.6 Å². The van der Waals surface area contributed by atoms with Crippen molar-refractivity contribution in [2.45, 2.75) is 4.90 Å². The molecule has 2 aromatic rings. The summed E-state index contributed by atoms with van der Waals surface area (Å²) in [6.45, 7) is 0. The smallest absolute Gasteiger partial charge is 0.260 e. The second kappa shape index (κ2) is 5.43. The minimum atomic E-state index is -3.87. The molecule has 0 aliphatic rings. The van der Waals surface area contributed by atoms with Crippen molar-refractivity contribution in [1.82, 2.24) is 9.97 Å². The first-order valence-electron chi connectivity index (χ1n) is 5.54. The summed E-state index contributed by atoms with van der Waals surface area (Å²) < 4.78 is 33.2. The van der Waals surface area contributed by atoms with Crippen molar-refractivity contribution in [3.63, 3.8) is 0 Å². The van der Waals surface area contributed by atoms with E-state index in [-0.39, 0.29) is 16.6 Å². The zero-order valence-electron chi connectivity index (χ0n) is 10.9. The number of nitrogens with zero attached hydrogens (tertiary/aromatic N) is 2. The van der Waals surface area contributed by atoms with Crippen LogP contribution in [0, 0.1) is 0 Å². The van der Waals surface area contributed by atoms with E-state index in [1.54, 1.807) is 18.2 Å². The van der Waals surface area contributed by atoms with E-state index in [1.807, 2.05) is 0 Å². The Kier molecular flexibility index (Phi) is 3.86. The number of ether oxygens (including phenoxy) is 2. The van der Waals surface area contributed by atoms with Gasteiger partial charge in [-0.3, -0.25) is 0 Å². The summed E-state index contributed by atoms with van der Waals surface area (Å²) >= 11 is 0. The van der Waals surface area contributed by atoms with Gasteiger partial charge in [0.1, 0.15) is 0 Å². The molecule has 0 aliphatic carbocycles. The van der Waals surface area contributed by atoms with Crippen molar-refractivity contribution < 1.29 is 17.9 Å². The van der Waals surface area contributed by atoms with Crippen molar-refractivity contribution in [2.75, 3.05) is 14.2 Å².